The first-order valence-corrected chi connectivity index (χ1v) is 7.21. The molecular formula is C16H24FNO. The normalized spacial score (nSPS) is 28.4. The maximum absolute atomic E-state index is 13.8. The topological polar surface area (TPSA) is 33.1 Å². The van der Waals surface area contributed by atoms with Crippen molar-refractivity contribution in [1.82, 2.24) is 4.98 Å². The van der Waals surface area contributed by atoms with Crippen LogP contribution in [-0.2, 0) is 5.60 Å². The molecule has 0 amide bonds. The maximum atomic E-state index is 13.8. The molecule has 1 aliphatic carbocycles. The highest BCUT2D eigenvalue weighted by atomic mass is 19.1. The SMILES string of the molecule is CCC(C)(C)C1CCC(O)(c2ccncc2F)CC1. The molecule has 1 aromatic rings. The fraction of sp³-hybridized carbons (Fsp3) is 0.688. The highest BCUT2D eigenvalue weighted by Crippen LogP contribution is 2.47. The van der Waals surface area contributed by atoms with Crippen LogP contribution < -0.4 is 0 Å². The van der Waals surface area contributed by atoms with Crippen LogP contribution in [-0.4, -0.2) is 10.1 Å². The van der Waals surface area contributed by atoms with Crippen molar-refractivity contribution in [3.63, 3.8) is 0 Å². The second-order valence-electron chi connectivity index (χ2n) is 6.50. The number of aromatic nitrogens is 1. The lowest BCUT2D eigenvalue weighted by Crippen LogP contribution is -2.36. The van der Waals surface area contributed by atoms with Crippen molar-refractivity contribution < 1.29 is 9.50 Å². The zero-order chi connectivity index (χ0) is 14.1. The van der Waals surface area contributed by atoms with Crippen LogP contribution in [0.2, 0.25) is 0 Å². The number of pyridine rings is 1. The summed E-state index contributed by atoms with van der Waals surface area (Å²) in [6.07, 6.45) is 7.08. The van der Waals surface area contributed by atoms with Crippen LogP contribution in [0.15, 0.2) is 18.5 Å². The average molecular weight is 265 g/mol. The summed E-state index contributed by atoms with van der Waals surface area (Å²) in [7, 11) is 0. The summed E-state index contributed by atoms with van der Waals surface area (Å²) in [4.78, 5) is 3.75. The third-order valence-corrected chi connectivity index (χ3v) is 5.10. The minimum Gasteiger partial charge on any atom is -0.385 e. The Morgan fingerprint density at radius 2 is 2.05 bits per heavy atom. The second kappa shape index (κ2) is 5.20. The molecule has 0 saturated heterocycles. The summed E-state index contributed by atoms with van der Waals surface area (Å²) in [5.74, 6) is 0.223. The Balaban J connectivity index is 2.13. The first-order valence-electron chi connectivity index (χ1n) is 7.21. The van der Waals surface area contributed by atoms with Crippen molar-refractivity contribution in [1.29, 1.82) is 0 Å². The molecule has 0 radical (unpaired) electrons. The first kappa shape index (κ1) is 14.4. The third-order valence-electron chi connectivity index (χ3n) is 5.10. The van der Waals surface area contributed by atoms with E-state index in [2.05, 4.69) is 25.8 Å². The van der Waals surface area contributed by atoms with Crippen molar-refractivity contribution in [3.05, 3.63) is 29.8 Å². The van der Waals surface area contributed by atoms with Crippen molar-refractivity contribution in [2.24, 2.45) is 11.3 Å². The number of hydrogen-bond donors (Lipinski definition) is 1. The quantitative estimate of drug-likeness (QED) is 0.895. The minimum atomic E-state index is -1.01. The van der Waals surface area contributed by atoms with Crippen LogP contribution in [0.25, 0.3) is 0 Å². The number of rotatable bonds is 3. The first-order chi connectivity index (χ1) is 8.89. The Hall–Kier alpha value is -0.960. The highest BCUT2D eigenvalue weighted by molar-refractivity contribution is 5.22. The van der Waals surface area contributed by atoms with E-state index in [0.29, 0.717) is 29.7 Å². The Bertz CT molecular complexity index is 436. The predicted octanol–water partition coefficient (Wildman–Crippen LogP) is 4.03. The van der Waals surface area contributed by atoms with Crippen LogP contribution in [0.1, 0.15) is 58.4 Å². The van der Waals surface area contributed by atoms with E-state index in [9.17, 15) is 9.50 Å². The fourth-order valence-corrected chi connectivity index (χ4v) is 3.19. The molecule has 0 spiro atoms. The molecular weight excluding hydrogens is 241 g/mol. The lowest BCUT2D eigenvalue weighted by molar-refractivity contribution is -0.0352. The van der Waals surface area contributed by atoms with Crippen molar-refractivity contribution >= 4 is 0 Å². The van der Waals surface area contributed by atoms with Crippen LogP contribution in [0.3, 0.4) is 0 Å². The zero-order valence-electron chi connectivity index (χ0n) is 12.1. The summed E-state index contributed by atoms with van der Waals surface area (Å²) in [5, 5.41) is 10.7. The molecule has 0 bridgehead atoms. The second-order valence-corrected chi connectivity index (χ2v) is 6.50. The summed E-state index contributed by atoms with van der Waals surface area (Å²) in [6, 6.07) is 1.61. The zero-order valence-corrected chi connectivity index (χ0v) is 12.1. The Labute approximate surface area is 115 Å². The molecule has 2 nitrogen and oxygen atoms in total. The van der Waals surface area contributed by atoms with E-state index in [1.165, 1.54) is 6.20 Å². The average Bonchev–Trinajstić information content (AvgIpc) is 2.39. The van der Waals surface area contributed by atoms with Gasteiger partial charge in [0.05, 0.1) is 11.8 Å². The molecule has 0 atom stereocenters. The van der Waals surface area contributed by atoms with E-state index in [4.69, 9.17) is 0 Å². The summed E-state index contributed by atoms with van der Waals surface area (Å²) in [5.41, 5.74) is -0.291. The Kier molecular flexibility index (Phi) is 3.95. The third kappa shape index (κ3) is 2.81. The van der Waals surface area contributed by atoms with Gasteiger partial charge in [0.1, 0.15) is 5.82 Å². The Morgan fingerprint density at radius 1 is 1.42 bits per heavy atom. The van der Waals surface area contributed by atoms with E-state index < -0.39 is 11.4 Å². The molecule has 19 heavy (non-hydrogen) atoms. The van der Waals surface area contributed by atoms with E-state index >= 15 is 0 Å². The fourth-order valence-electron chi connectivity index (χ4n) is 3.19. The van der Waals surface area contributed by atoms with Crippen molar-refractivity contribution in [3.8, 4) is 0 Å². The van der Waals surface area contributed by atoms with Gasteiger partial charge in [-0.1, -0.05) is 27.2 Å². The molecule has 1 N–H and O–H groups in total. The minimum absolute atomic E-state index is 0.304. The molecule has 0 aromatic carbocycles. The molecule has 106 valence electrons. The standard InChI is InChI=1S/C16H24FNO/c1-4-15(2,3)12-5-8-16(19,9-6-12)13-7-10-18-11-14(13)17/h7,10-12,19H,4-6,8-9H2,1-3H3. The molecule has 0 aliphatic heterocycles. The predicted molar refractivity (Wildman–Crippen MR) is 74.1 cm³/mol. The molecule has 0 unspecified atom stereocenters. The molecule has 2 rings (SSSR count). The summed E-state index contributed by atoms with van der Waals surface area (Å²) in [6.45, 7) is 6.79. The van der Waals surface area contributed by atoms with Gasteiger partial charge in [-0.2, -0.15) is 0 Å². The van der Waals surface area contributed by atoms with Crippen LogP contribution in [0.5, 0.6) is 0 Å². The van der Waals surface area contributed by atoms with Crippen LogP contribution in [0.4, 0.5) is 4.39 Å². The maximum Gasteiger partial charge on any atom is 0.147 e. The van der Waals surface area contributed by atoms with Gasteiger partial charge in [0.2, 0.25) is 0 Å². The van der Waals surface area contributed by atoms with Gasteiger partial charge in [-0.05, 0) is 43.1 Å². The van der Waals surface area contributed by atoms with Gasteiger partial charge < -0.3 is 5.11 Å². The van der Waals surface area contributed by atoms with Gasteiger partial charge in [-0.25, -0.2) is 4.39 Å². The Morgan fingerprint density at radius 3 is 2.58 bits per heavy atom. The molecule has 1 fully saturated rings. The van der Waals surface area contributed by atoms with E-state index in [1.807, 2.05) is 0 Å². The van der Waals surface area contributed by atoms with Gasteiger partial charge in [-0.15, -0.1) is 0 Å². The molecule has 1 aliphatic rings. The number of aliphatic hydroxyl groups is 1. The van der Waals surface area contributed by atoms with Gasteiger partial charge in [0.25, 0.3) is 0 Å². The van der Waals surface area contributed by atoms with Crippen molar-refractivity contribution in [2.75, 3.05) is 0 Å². The van der Waals surface area contributed by atoms with E-state index in [1.54, 1.807) is 12.3 Å². The monoisotopic (exact) mass is 265 g/mol. The molecule has 1 saturated carbocycles. The van der Waals surface area contributed by atoms with Crippen LogP contribution in [0, 0.1) is 17.2 Å². The van der Waals surface area contributed by atoms with Gasteiger partial charge in [0, 0.05) is 11.8 Å². The van der Waals surface area contributed by atoms with Gasteiger partial charge in [0.15, 0.2) is 0 Å². The lowest BCUT2D eigenvalue weighted by atomic mass is 9.65. The van der Waals surface area contributed by atoms with E-state index in [0.717, 1.165) is 19.3 Å². The lowest BCUT2D eigenvalue weighted by Gasteiger charge is -2.42. The molecule has 1 heterocycles. The molecule has 1 aromatic heterocycles. The highest BCUT2D eigenvalue weighted by Gasteiger charge is 2.40. The molecule has 3 heteroatoms. The number of nitrogens with zero attached hydrogens (tertiary/aromatic N) is 1. The largest absolute Gasteiger partial charge is 0.385 e. The van der Waals surface area contributed by atoms with Crippen molar-refractivity contribution in [2.45, 2.75) is 58.5 Å². The van der Waals surface area contributed by atoms with Gasteiger partial charge in [-0.3, -0.25) is 4.98 Å². The smallest absolute Gasteiger partial charge is 0.147 e. The van der Waals surface area contributed by atoms with Crippen LogP contribution >= 0.6 is 0 Å². The van der Waals surface area contributed by atoms with Gasteiger partial charge >= 0.3 is 0 Å². The number of halogens is 1. The summed E-state index contributed by atoms with van der Waals surface area (Å²) < 4.78 is 13.8. The number of hydrogen-bond acceptors (Lipinski definition) is 2. The van der Waals surface area contributed by atoms with E-state index in [-0.39, 0.29) is 0 Å². The summed E-state index contributed by atoms with van der Waals surface area (Å²) >= 11 is 0.